The summed E-state index contributed by atoms with van der Waals surface area (Å²) in [6.07, 6.45) is 6.01. The SMILES string of the molecule is COc1ccc(OC/C(C)=C/CC/C(C)=C/COC(C)=O)cc1. The molecule has 0 aliphatic heterocycles. The van der Waals surface area contributed by atoms with Crippen molar-refractivity contribution in [3.63, 3.8) is 0 Å². The fourth-order valence-electron chi connectivity index (χ4n) is 1.88. The molecule has 0 heterocycles. The molecule has 0 bridgehead atoms. The third kappa shape index (κ3) is 8.71. The number of carbonyl (C=O) groups is 1. The summed E-state index contributed by atoms with van der Waals surface area (Å²) in [6.45, 7) is 6.44. The Kier molecular flexibility index (Phi) is 8.58. The van der Waals surface area contributed by atoms with E-state index in [0.717, 1.165) is 24.3 Å². The average Bonchev–Trinajstić information content (AvgIpc) is 2.53. The van der Waals surface area contributed by atoms with Gasteiger partial charge in [0.2, 0.25) is 0 Å². The minimum absolute atomic E-state index is 0.250. The van der Waals surface area contributed by atoms with Crippen molar-refractivity contribution in [2.45, 2.75) is 33.6 Å². The molecule has 0 aliphatic carbocycles. The van der Waals surface area contributed by atoms with Crippen LogP contribution in [0.1, 0.15) is 33.6 Å². The average molecular weight is 318 g/mol. The van der Waals surface area contributed by atoms with Crippen molar-refractivity contribution in [2.24, 2.45) is 0 Å². The van der Waals surface area contributed by atoms with Crippen molar-refractivity contribution < 1.29 is 19.0 Å². The van der Waals surface area contributed by atoms with Crippen LogP contribution >= 0.6 is 0 Å². The number of rotatable bonds is 9. The van der Waals surface area contributed by atoms with E-state index in [-0.39, 0.29) is 5.97 Å². The lowest BCUT2D eigenvalue weighted by atomic mass is 10.1. The van der Waals surface area contributed by atoms with Gasteiger partial charge < -0.3 is 14.2 Å². The quantitative estimate of drug-likeness (QED) is 0.503. The van der Waals surface area contributed by atoms with Crippen LogP contribution in [0, 0.1) is 0 Å². The first-order valence-corrected chi connectivity index (χ1v) is 7.72. The summed E-state index contributed by atoms with van der Waals surface area (Å²) in [5.41, 5.74) is 2.40. The first-order chi connectivity index (χ1) is 11.0. The molecule has 0 saturated heterocycles. The molecule has 126 valence electrons. The highest BCUT2D eigenvalue weighted by molar-refractivity contribution is 5.66. The number of allylic oxidation sites excluding steroid dienone is 2. The largest absolute Gasteiger partial charge is 0.497 e. The third-order valence-corrected chi connectivity index (χ3v) is 3.28. The van der Waals surface area contributed by atoms with Crippen LogP contribution in [0.5, 0.6) is 11.5 Å². The number of carbonyl (C=O) groups excluding carboxylic acids is 1. The maximum atomic E-state index is 10.7. The first-order valence-electron chi connectivity index (χ1n) is 7.72. The Hall–Kier alpha value is -2.23. The number of hydrogen-bond acceptors (Lipinski definition) is 4. The van der Waals surface area contributed by atoms with Crippen LogP contribution < -0.4 is 9.47 Å². The van der Waals surface area contributed by atoms with E-state index in [1.807, 2.05) is 37.3 Å². The molecule has 1 rings (SSSR count). The molecule has 0 unspecified atom stereocenters. The van der Waals surface area contributed by atoms with Gasteiger partial charge in [-0.05, 0) is 62.6 Å². The van der Waals surface area contributed by atoms with Gasteiger partial charge >= 0.3 is 5.97 Å². The molecule has 0 amide bonds. The minimum Gasteiger partial charge on any atom is -0.497 e. The van der Waals surface area contributed by atoms with E-state index in [1.165, 1.54) is 18.1 Å². The lowest BCUT2D eigenvalue weighted by Gasteiger charge is -2.07. The zero-order valence-corrected chi connectivity index (χ0v) is 14.4. The maximum absolute atomic E-state index is 10.7. The zero-order valence-electron chi connectivity index (χ0n) is 14.4. The van der Waals surface area contributed by atoms with Gasteiger partial charge in [-0.15, -0.1) is 0 Å². The van der Waals surface area contributed by atoms with E-state index in [9.17, 15) is 4.79 Å². The summed E-state index contributed by atoms with van der Waals surface area (Å²) < 4.78 is 15.7. The van der Waals surface area contributed by atoms with Crippen LogP contribution in [0.4, 0.5) is 0 Å². The van der Waals surface area contributed by atoms with Crippen LogP contribution in [0.25, 0.3) is 0 Å². The Morgan fingerprint density at radius 1 is 1.00 bits per heavy atom. The van der Waals surface area contributed by atoms with Crippen LogP contribution in [-0.4, -0.2) is 26.3 Å². The van der Waals surface area contributed by atoms with E-state index < -0.39 is 0 Å². The number of benzene rings is 1. The molecule has 0 spiro atoms. The molecule has 0 atom stereocenters. The van der Waals surface area contributed by atoms with E-state index >= 15 is 0 Å². The van der Waals surface area contributed by atoms with Gasteiger partial charge in [0.15, 0.2) is 0 Å². The van der Waals surface area contributed by atoms with Crippen LogP contribution in [0.15, 0.2) is 47.6 Å². The van der Waals surface area contributed by atoms with Gasteiger partial charge in [0, 0.05) is 6.92 Å². The van der Waals surface area contributed by atoms with Gasteiger partial charge in [-0.25, -0.2) is 0 Å². The smallest absolute Gasteiger partial charge is 0.302 e. The predicted molar refractivity (Wildman–Crippen MR) is 91.9 cm³/mol. The highest BCUT2D eigenvalue weighted by Crippen LogP contribution is 2.17. The summed E-state index contributed by atoms with van der Waals surface area (Å²) in [4.78, 5) is 10.7. The van der Waals surface area contributed by atoms with Gasteiger partial charge in [-0.3, -0.25) is 4.79 Å². The number of hydrogen-bond donors (Lipinski definition) is 0. The highest BCUT2D eigenvalue weighted by Gasteiger charge is 1.97. The second-order valence-electron chi connectivity index (χ2n) is 5.41. The summed E-state index contributed by atoms with van der Waals surface area (Å²) in [7, 11) is 1.64. The zero-order chi connectivity index (χ0) is 17.1. The van der Waals surface area contributed by atoms with Gasteiger partial charge in [0.25, 0.3) is 0 Å². The Balaban J connectivity index is 2.29. The van der Waals surface area contributed by atoms with Gasteiger partial charge in [-0.2, -0.15) is 0 Å². The van der Waals surface area contributed by atoms with E-state index in [4.69, 9.17) is 14.2 Å². The maximum Gasteiger partial charge on any atom is 0.302 e. The van der Waals surface area contributed by atoms with Gasteiger partial charge in [-0.1, -0.05) is 11.6 Å². The fourth-order valence-corrected chi connectivity index (χ4v) is 1.88. The third-order valence-electron chi connectivity index (χ3n) is 3.28. The minimum atomic E-state index is -0.250. The second-order valence-corrected chi connectivity index (χ2v) is 5.41. The monoisotopic (exact) mass is 318 g/mol. The van der Waals surface area contributed by atoms with Gasteiger partial charge in [0.1, 0.15) is 24.7 Å². The van der Waals surface area contributed by atoms with Crippen molar-refractivity contribution in [3.8, 4) is 11.5 Å². The molecule has 0 aromatic heterocycles. The standard InChI is InChI=1S/C19H26O4/c1-15(12-13-22-17(3)20)6-5-7-16(2)14-23-19-10-8-18(21-4)9-11-19/h7-12H,5-6,13-14H2,1-4H3/b15-12+,16-7+. The van der Waals surface area contributed by atoms with Crippen LogP contribution in [-0.2, 0) is 9.53 Å². The molecule has 0 N–H and O–H groups in total. The van der Waals surface area contributed by atoms with Crippen molar-refractivity contribution >= 4 is 5.97 Å². The van der Waals surface area contributed by atoms with Crippen LogP contribution in [0.3, 0.4) is 0 Å². The summed E-state index contributed by atoms with van der Waals surface area (Å²) in [5.74, 6) is 1.40. The second kappa shape index (κ2) is 10.5. The lowest BCUT2D eigenvalue weighted by molar-refractivity contribution is -0.139. The molecule has 1 aromatic carbocycles. The number of ether oxygens (including phenoxy) is 3. The molecular weight excluding hydrogens is 292 g/mol. The number of methoxy groups -OCH3 is 1. The van der Waals surface area contributed by atoms with E-state index in [1.54, 1.807) is 7.11 Å². The Morgan fingerprint density at radius 2 is 1.65 bits per heavy atom. The molecule has 4 nitrogen and oxygen atoms in total. The predicted octanol–water partition coefficient (Wildman–Crippen LogP) is 4.31. The molecule has 0 fully saturated rings. The molecule has 0 aliphatic rings. The van der Waals surface area contributed by atoms with Crippen molar-refractivity contribution in [2.75, 3.05) is 20.3 Å². The lowest BCUT2D eigenvalue weighted by Crippen LogP contribution is -1.99. The number of esters is 1. The molecule has 0 saturated carbocycles. The molecular formula is C19H26O4. The Labute approximate surface area is 138 Å². The molecule has 1 aromatic rings. The van der Waals surface area contributed by atoms with Gasteiger partial charge in [0.05, 0.1) is 7.11 Å². The first kappa shape index (κ1) is 18.8. The normalized spacial score (nSPS) is 12.0. The van der Waals surface area contributed by atoms with Crippen molar-refractivity contribution in [3.05, 3.63) is 47.6 Å². The highest BCUT2D eigenvalue weighted by atomic mass is 16.5. The summed E-state index contributed by atoms with van der Waals surface area (Å²) in [6, 6.07) is 7.55. The summed E-state index contributed by atoms with van der Waals surface area (Å²) in [5, 5.41) is 0. The van der Waals surface area contributed by atoms with Crippen molar-refractivity contribution in [1.29, 1.82) is 0 Å². The fraction of sp³-hybridized carbons (Fsp3) is 0.421. The Bertz CT molecular complexity index is 541. The van der Waals surface area contributed by atoms with E-state index in [0.29, 0.717) is 13.2 Å². The Morgan fingerprint density at radius 3 is 2.26 bits per heavy atom. The topological polar surface area (TPSA) is 44.8 Å². The summed E-state index contributed by atoms with van der Waals surface area (Å²) >= 11 is 0. The van der Waals surface area contributed by atoms with E-state index in [2.05, 4.69) is 13.0 Å². The van der Waals surface area contributed by atoms with Crippen molar-refractivity contribution in [1.82, 2.24) is 0 Å². The van der Waals surface area contributed by atoms with Crippen LogP contribution in [0.2, 0.25) is 0 Å². The molecule has 0 radical (unpaired) electrons. The molecule has 4 heteroatoms. The molecule has 23 heavy (non-hydrogen) atoms.